The zero-order chi connectivity index (χ0) is 14.5. The lowest BCUT2D eigenvalue weighted by Gasteiger charge is -2.14. The molecule has 0 N–H and O–H groups in total. The van der Waals surface area contributed by atoms with Crippen molar-refractivity contribution >= 4 is 23.6 Å². The second kappa shape index (κ2) is 6.58. The first-order valence-corrected chi connectivity index (χ1v) is 6.95. The number of carbonyl (C=O) groups is 1. The van der Waals surface area contributed by atoms with Crippen LogP contribution in [0.2, 0.25) is 5.02 Å². The molecule has 0 aromatic heterocycles. The molecule has 2 aromatic rings. The van der Waals surface area contributed by atoms with Crippen molar-refractivity contribution < 1.29 is 4.79 Å². The summed E-state index contributed by atoms with van der Waals surface area (Å²) in [6.45, 7) is 0. The summed E-state index contributed by atoms with van der Waals surface area (Å²) in [7, 11) is 4.02. The minimum absolute atomic E-state index is 0.127. The van der Waals surface area contributed by atoms with E-state index in [-0.39, 0.29) is 5.92 Å². The number of carbonyl (C=O) groups excluding carboxylic acids is 1. The van der Waals surface area contributed by atoms with Gasteiger partial charge in [-0.2, -0.15) is 0 Å². The molecule has 0 saturated heterocycles. The number of benzene rings is 2. The van der Waals surface area contributed by atoms with Crippen LogP contribution in [0.4, 0.5) is 5.69 Å². The molecule has 0 saturated carbocycles. The zero-order valence-electron chi connectivity index (χ0n) is 11.7. The van der Waals surface area contributed by atoms with Crippen molar-refractivity contribution in [3.05, 3.63) is 64.7 Å². The van der Waals surface area contributed by atoms with Crippen LogP contribution >= 0.6 is 11.6 Å². The topological polar surface area (TPSA) is 20.3 Å². The first-order valence-electron chi connectivity index (χ1n) is 6.57. The summed E-state index contributed by atoms with van der Waals surface area (Å²) in [6, 6.07) is 15.7. The average Bonchev–Trinajstić information content (AvgIpc) is 2.46. The minimum atomic E-state index is -0.127. The Balaban J connectivity index is 2.13. The Hall–Kier alpha value is -1.80. The predicted molar refractivity (Wildman–Crippen MR) is 84.7 cm³/mol. The number of rotatable bonds is 5. The monoisotopic (exact) mass is 287 g/mol. The predicted octanol–water partition coefficient (Wildman–Crippen LogP) is 3.93. The van der Waals surface area contributed by atoms with Gasteiger partial charge in [0.15, 0.2) is 0 Å². The Bertz CT molecular complexity index is 561. The van der Waals surface area contributed by atoms with Crippen molar-refractivity contribution in [3.8, 4) is 0 Å². The highest BCUT2D eigenvalue weighted by atomic mass is 35.5. The maximum Gasteiger partial charge on any atom is 0.127 e. The van der Waals surface area contributed by atoms with Crippen molar-refractivity contribution in [1.29, 1.82) is 0 Å². The van der Waals surface area contributed by atoms with Gasteiger partial charge in [0.1, 0.15) is 6.29 Å². The third kappa shape index (κ3) is 3.61. The molecule has 1 atom stereocenters. The van der Waals surface area contributed by atoms with Crippen LogP contribution in [0.3, 0.4) is 0 Å². The van der Waals surface area contributed by atoms with Crippen LogP contribution in [-0.4, -0.2) is 20.4 Å². The molecule has 1 unspecified atom stereocenters. The first-order chi connectivity index (χ1) is 9.60. The molecule has 2 rings (SSSR count). The number of halogens is 1. The van der Waals surface area contributed by atoms with E-state index in [0.29, 0.717) is 11.4 Å². The fourth-order valence-electron chi connectivity index (χ4n) is 2.14. The van der Waals surface area contributed by atoms with Crippen molar-refractivity contribution in [2.24, 2.45) is 0 Å². The van der Waals surface area contributed by atoms with E-state index in [4.69, 9.17) is 11.6 Å². The van der Waals surface area contributed by atoms with Gasteiger partial charge in [0, 0.05) is 30.7 Å². The van der Waals surface area contributed by atoms with Crippen LogP contribution in [-0.2, 0) is 11.2 Å². The summed E-state index contributed by atoms with van der Waals surface area (Å²) in [5.41, 5.74) is 3.31. The average molecular weight is 288 g/mol. The van der Waals surface area contributed by atoms with E-state index in [1.807, 2.05) is 38.4 Å². The molecule has 2 aromatic carbocycles. The van der Waals surface area contributed by atoms with E-state index in [9.17, 15) is 4.79 Å². The first kappa shape index (κ1) is 14.6. The molecule has 3 heteroatoms. The van der Waals surface area contributed by atoms with Crippen molar-refractivity contribution in [1.82, 2.24) is 0 Å². The van der Waals surface area contributed by atoms with Crippen molar-refractivity contribution in [2.45, 2.75) is 12.3 Å². The molecule has 0 aliphatic carbocycles. The molecule has 0 aliphatic heterocycles. The van der Waals surface area contributed by atoms with Gasteiger partial charge in [-0.25, -0.2) is 0 Å². The molecular weight excluding hydrogens is 270 g/mol. The molecule has 20 heavy (non-hydrogen) atoms. The van der Waals surface area contributed by atoms with Crippen LogP contribution < -0.4 is 4.90 Å². The van der Waals surface area contributed by atoms with Crippen molar-refractivity contribution in [3.63, 3.8) is 0 Å². The Labute approximate surface area is 125 Å². The molecule has 104 valence electrons. The fraction of sp³-hybridized carbons (Fsp3) is 0.235. The van der Waals surface area contributed by atoms with Gasteiger partial charge >= 0.3 is 0 Å². The second-order valence-electron chi connectivity index (χ2n) is 5.06. The van der Waals surface area contributed by atoms with E-state index in [2.05, 4.69) is 29.2 Å². The molecule has 2 nitrogen and oxygen atoms in total. The Morgan fingerprint density at radius 2 is 1.65 bits per heavy atom. The standard InChI is InChI=1S/C17H18ClNO/c1-19(2)17-9-3-13(4-10-17)11-15(12-20)14-5-7-16(18)8-6-14/h3-10,12,15H,11H2,1-2H3. The molecular formula is C17H18ClNO. The third-order valence-electron chi connectivity index (χ3n) is 3.37. The Morgan fingerprint density at radius 3 is 2.15 bits per heavy atom. The lowest BCUT2D eigenvalue weighted by atomic mass is 9.93. The van der Waals surface area contributed by atoms with Crippen LogP contribution in [0, 0.1) is 0 Å². The van der Waals surface area contributed by atoms with Gasteiger partial charge in [-0.15, -0.1) is 0 Å². The molecule has 0 radical (unpaired) electrons. The van der Waals surface area contributed by atoms with E-state index in [0.717, 1.165) is 23.1 Å². The summed E-state index contributed by atoms with van der Waals surface area (Å²) in [5.74, 6) is -0.127. The summed E-state index contributed by atoms with van der Waals surface area (Å²) in [6.07, 6.45) is 1.71. The fourth-order valence-corrected chi connectivity index (χ4v) is 2.26. The SMILES string of the molecule is CN(C)c1ccc(CC(C=O)c2ccc(Cl)cc2)cc1. The molecule has 0 amide bonds. The van der Waals surface area contributed by atoms with Gasteiger partial charge in [0.2, 0.25) is 0 Å². The summed E-state index contributed by atoms with van der Waals surface area (Å²) in [5, 5.41) is 0.689. The maximum atomic E-state index is 11.3. The number of aldehydes is 1. The van der Waals surface area contributed by atoms with Gasteiger partial charge in [-0.3, -0.25) is 0 Å². The number of nitrogens with zero attached hydrogens (tertiary/aromatic N) is 1. The third-order valence-corrected chi connectivity index (χ3v) is 3.62. The number of hydrogen-bond acceptors (Lipinski definition) is 2. The lowest BCUT2D eigenvalue weighted by Crippen LogP contribution is -2.09. The normalized spacial score (nSPS) is 11.9. The van der Waals surface area contributed by atoms with Crippen LogP contribution in [0.1, 0.15) is 17.0 Å². The number of hydrogen-bond donors (Lipinski definition) is 0. The van der Waals surface area contributed by atoms with E-state index in [1.165, 1.54) is 0 Å². The molecule has 0 spiro atoms. The van der Waals surface area contributed by atoms with Gasteiger partial charge < -0.3 is 9.69 Å². The molecule has 0 heterocycles. The van der Waals surface area contributed by atoms with E-state index in [1.54, 1.807) is 0 Å². The molecule has 0 bridgehead atoms. The van der Waals surface area contributed by atoms with Gasteiger partial charge in [-0.1, -0.05) is 35.9 Å². The largest absolute Gasteiger partial charge is 0.378 e. The van der Waals surface area contributed by atoms with E-state index >= 15 is 0 Å². The summed E-state index contributed by atoms with van der Waals surface area (Å²) in [4.78, 5) is 13.4. The van der Waals surface area contributed by atoms with Gasteiger partial charge in [-0.05, 0) is 41.8 Å². The van der Waals surface area contributed by atoms with Crippen LogP contribution in [0.15, 0.2) is 48.5 Å². The Kier molecular flexibility index (Phi) is 4.80. The lowest BCUT2D eigenvalue weighted by molar-refractivity contribution is -0.109. The van der Waals surface area contributed by atoms with Crippen molar-refractivity contribution in [2.75, 3.05) is 19.0 Å². The smallest absolute Gasteiger partial charge is 0.127 e. The molecule has 0 aliphatic rings. The van der Waals surface area contributed by atoms with Crippen LogP contribution in [0.25, 0.3) is 0 Å². The minimum Gasteiger partial charge on any atom is -0.378 e. The highest BCUT2D eigenvalue weighted by Gasteiger charge is 2.11. The second-order valence-corrected chi connectivity index (χ2v) is 5.50. The highest BCUT2D eigenvalue weighted by molar-refractivity contribution is 6.30. The Morgan fingerprint density at radius 1 is 1.05 bits per heavy atom. The van der Waals surface area contributed by atoms with Crippen LogP contribution in [0.5, 0.6) is 0 Å². The summed E-state index contributed by atoms with van der Waals surface area (Å²) < 4.78 is 0. The summed E-state index contributed by atoms with van der Waals surface area (Å²) >= 11 is 5.87. The highest BCUT2D eigenvalue weighted by Crippen LogP contribution is 2.22. The molecule has 0 fully saturated rings. The quantitative estimate of drug-likeness (QED) is 0.777. The maximum absolute atomic E-state index is 11.3. The van der Waals surface area contributed by atoms with E-state index < -0.39 is 0 Å². The van der Waals surface area contributed by atoms with Gasteiger partial charge in [0.05, 0.1) is 0 Å². The van der Waals surface area contributed by atoms with Gasteiger partial charge in [0.25, 0.3) is 0 Å². The number of anilines is 1. The zero-order valence-corrected chi connectivity index (χ0v) is 12.5.